The summed E-state index contributed by atoms with van der Waals surface area (Å²) in [6.45, 7) is 1.97. The molecule has 0 saturated heterocycles. The molecule has 1 saturated carbocycles. The molecule has 5 heteroatoms. The van der Waals surface area contributed by atoms with Gasteiger partial charge >= 0.3 is 0 Å². The highest BCUT2D eigenvalue weighted by Gasteiger charge is 2.27. The number of aromatic amines is 2. The van der Waals surface area contributed by atoms with E-state index in [1.54, 1.807) is 6.20 Å². The molecule has 2 heterocycles. The molecule has 0 aliphatic heterocycles. The first-order chi connectivity index (χ1) is 6.84. The summed E-state index contributed by atoms with van der Waals surface area (Å²) in [5, 5.41) is 14.0. The lowest BCUT2D eigenvalue weighted by atomic mass is 10.2. The van der Waals surface area contributed by atoms with Crippen LogP contribution in [-0.2, 0) is 0 Å². The Labute approximate surface area is 81.0 Å². The average Bonchev–Trinajstić information content (AvgIpc) is 2.75. The number of hydrogen-bond acceptors (Lipinski definition) is 3. The second kappa shape index (κ2) is 2.67. The Bertz CT molecular complexity index is 451. The molecule has 2 aromatic rings. The number of H-pyrrole nitrogens is 2. The van der Waals surface area contributed by atoms with E-state index in [9.17, 15) is 0 Å². The number of nitrogens with one attached hydrogen (secondary N) is 2. The van der Waals surface area contributed by atoms with Crippen molar-refractivity contribution >= 4 is 0 Å². The summed E-state index contributed by atoms with van der Waals surface area (Å²) < 4.78 is 0. The Hall–Kier alpha value is -1.65. The van der Waals surface area contributed by atoms with Crippen molar-refractivity contribution in [3.8, 4) is 11.4 Å². The lowest BCUT2D eigenvalue weighted by Crippen LogP contribution is -1.82. The fourth-order valence-corrected chi connectivity index (χ4v) is 1.51. The quantitative estimate of drug-likeness (QED) is 0.749. The summed E-state index contributed by atoms with van der Waals surface area (Å²) in [4.78, 5) is 4.45. The number of aromatic nitrogens is 5. The van der Waals surface area contributed by atoms with Gasteiger partial charge in [0.25, 0.3) is 0 Å². The van der Waals surface area contributed by atoms with E-state index in [1.165, 1.54) is 12.8 Å². The highest BCUT2D eigenvalue weighted by Crippen LogP contribution is 2.38. The first-order valence-electron chi connectivity index (χ1n) is 4.77. The molecule has 1 fully saturated rings. The number of hydrogen-bond donors (Lipinski definition) is 2. The third-order valence-electron chi connectivity index (χ3n) is 2.54. The van der Waals surface area contributed by atoms with Gasteiger partial charge in [-0.2, -0.15) is 10.2 Å². The highest BCUT2D eigenvalue weighted by atomic mass is 15.2. The van der Waals surface area contributed by atoms with Gasteiger partial charge in [0.15, 0.2) is 5.82 Å². The van der Waals surface area contributed by atoms with Gasteiger partial charge in [-0.05, 0) is 19.8 Å². The van der Waals surface area contributed by atoms with E-state index in [2.05, 4.69) is 25.4 Å². The van der Waals surface area contributed by atoms with E-state index in [1.807, 2.05) is 6.92 Å². The topological polar surface area (TPSA) is 70.2 Å². The maximum atomic E-state index is 4.45. The van der Waals surface area contributed by atoms with Crippen LogP contribution in [0.15, 0.2) is 6.20 Å². The van der Waals surface area contributed by atoms with Crippen LogP contribution in [0, 0.1) is 6.92 Å². The molecule has 1 aliphatic carbocycles. The van der Waals surface area contributed by atoms with Crippen LogP contribution in [0.4, 0.5) is 0 Å². The van der Waals surface area contributed by atoms with Crippen LogP contribution in [0.1, 0.15) is 30.3 Å². The zero-order chi connectivity index (χ0) is 9.54. The van der Waals surface area contributed by atoms with Crippen LogP contribution in [-0.4, -0.2) is 25.4 Å². The van der Waals surface area contributed by atoms with Gasteiger partial charge in [0.1, 0.15) is 5.82 Å². The molecule has 2 N–H and O–H groups in total. The second-order valence-electron chi connectivity index (χ2n) is 3.73. The standard InChI is InChI=1S/C9H11N5/c1-5-7(4-10-12-5)9-11-8(13-14-9)6-2-3-6/h4,6H,2-3H2,1H3,(H,10,12)(H,11,13,14). The molecule has 0 aromatic carbocycles. The Morgan fingerprint density at radius 3 is 2.86 bits per heavy atom. The van der Waals surface area contributed by atoms with Gasteiger partial charge in [-0.3, -0.25) is 10.2 Å². The van der Waals surface area contributed by atoms with Crippen LogP contribution in [0.3, 0.4) is 0 Å². The molecule has 14 heavy (non-hydrogen) atoms. The van der Waals surface area contributed by atoms with Crippen molar-refractivity contribution in [3.63, 3.8) is 0 Å². The van der Waals surface area contributed by atoms with Crippen molar-refractivity contribution < 1.29 is 0 Å². The predicted octanol–water partition coefficient (Wildman–Crippen LogP) is 1.38. The maximum absolute atomic E-state index is 4.45. The fraction of sp³-hybridized carbons (Fsp3) is 0.444. The van der Waals surface area contributed by atoms with Crippen LogP contribution in [0.25, 0.3) is 11.4 Å². The summed E-state index contributed by atoms with van der Waals surface area (Å²) in [6, 6.07) is 0. The Kier molecular flexibility index (Phi) is 1.47. The Balaban J connectivity index is 1.99. The molecule has 0 radical (unpaired) electrons. The van der Waals surface area contributed by atoms with Crippen molar-refractivity contribution in [2.24, 2.45) is 0 Å². The van der Waals surface area contributed by atoms with E-state index in [4.69, 9.17) is 0 Å². The van der Waals surface area contributed by atoms with E-state index >= 15 is 0 Å². The largest absolute Gasteiger partial charge is 0.282 e. The molecule has 72 valence electrons. The first-order valence-corrected chi connectivity index (χ1v) is 4.77. The average molecular weight is 189 g/mol. The minimum Gasteiger partial charge on any atom is -0.282 e. The van der Waals surface area contributed by atoms with Crippen LogP contribution in [0.2, 0.25) is 0 Å². The normalized spacial score (nSPS) is 16.1. The van der Waals surface area contributed by atoms with E-state index in [0.29, 0.717) is 5.92 Å². The Morgan fingerprint density at radius 1 is 1.36 bits per heavy atom. The van der Waals surface area contributed by atoms with Crippen molar-refractivity contribution in [2.45, 2.75) is 25.7 Å². The van der Waals surface area contributed by atoms with Crippen LogP contribution < -0.4 is 0 Å². The summed E-state index contributed by atoms with van der Waals surface area (Å²) in [6.07, 6.45) is 4.23. The molecule has 0 unspecified atom stereocenters. The first kappa shape index (κ1) is 7.73. The molecule has 0 amide bonds. The molecule has 5 nitrogen and oxygen atoms in total. The van der Waals surface area contributed by atoms with Gasteiger partial charge in [0, 0.05) is 11.6 Å². The molecule has 1 aliphatic rings. The van der Waals surface area contributed by atoms with E-state index in [-0.39, 0.29) is 0 Å². The zero-order valence-electron chi connectivity index (χ0n) is 7.91. The molecule has 0 bridgehead atoms. The number of nitrogens with zero attached hydrogens (tertiary/aromatic N) is 3. The molecular formula is C9H11N5. The van der Waals surface area contributed by atoms with Gasteiger partial charge in [0.2, 0.25) is 0 Å². The minimum atomic E-state index is 0.614. The summed E-state index contributed by atoms with van der Waals surface area (Å²) >= 11 is 0. The third kappa shape index (κ3) is 1.13. The van der Waals surface area contributed by atoms with Gasteiger partial charge in [-0.15, -0.1) is 0 Å². The van der Waals surface area contributed by atoms with Crippen molar-refractivity contribution in [1.29, 1.82) is 0 Å². The number of aryl methyl sites for hydroxylation is 1. The lowest BCUT2D eigenvalue weighted by Gasteiger charge is -1.89. The molecule has 0 atom stereocenters. The summed E-state index contributed by atoms with van der Waals surface area (Å²) in [5.74, 6) is 2.38. The van der Waals surface area contributed by atoms with Gasteiger partial charge in [0.05, 0.1) is 11.8 Å². The highest BCUT2D eigenvalue weighted by molar-refractivity contribution is 5.56. The van der Waals surface area contributed by atoms with Crippen molar-refractivity contribution in [1.82, 2.24) is 25.4 Å². The SMILES string of the molecule is Cc1[nH]ncc1-c1n[nH]c(C2CC2)n1. The summed E-state index contributed by atoms with van der Waals surface area (Å²) in [5.41, 5.74) is 1.99. The number of rotatable bonds is 2. The Morgan fingerprint density at radius 2 is 2.21 bits per heavy atom. The maximum Gasteiger partial charge on any atom is 0.184 e. The molecule has 2 aromatic heterocycles. The van der Waals surface area contributed by atoms with Crippen LogP contribution >= 0.6 is 0 Å². The smallest absolute Gasteiger partial charge is 0.184 e. The predicted molar refractivity (Wildman–Crippen MR) is 50.7 cm³/mol. The fourth-order valence-electron chi connectivity index (χ4n) is 1.51. The minimum absolute atomic E-state index is 0.614. The van der Waals surface area contributed by atoms with Gasteiger partial charge in [-0.25, -0.2) is 4.98 Å². The zero-order valence-corrected chi connectivity index (χ0v) is 7.91. The molecular weight excluding hydrogens is 178 g/mol. The van der Waals surface area contributed by atoms with Crippen LogP contribution in [0.5, 0.6) is 0 Å². The molecule has 3 rings (SSSR count). The van der Waals surface area contributed by atoms with Crippen molar-refractivity contribution in [3.05, 3.63) is 17.7 Å². The monoisotopic (exact) mass is 189 g/mol. The molecule has 0 spiro atoms. The van der Waals surface area contributed by atoms with E-state index < -0.39 is 0 Å². The summed E-state index contributed by atoms with van der Waals surface area (Å²) in [7, 11) is 0. The van der Waals surface area contributed by atoms with Gasteiger partial charge in [-0.1, -0.05) is 0 Å². The third-order valence-corrected chi connectivity index (χ3v) is 2.54. The lowest BCUT2D eigenvalue weighted by molar-refractivity contribution is 0.935. The van der Waals surface area contributed by atoms with Gasteiger partial charge < -0.3 is 0 Å². The van der Waals surface area contributed by atoms with Crippen molar-refractivity contribution in [2.75, 3.05) is 0 Å². The van der Waals surface area contributed by atoms with E-state index in [0.717, 1.165) is 22.9 Å². The second-order valence-corrected chi connectivity index (χ2v) is 3.73.